The first-order valence-corrected chi connectivity index (χ1v) is 7.38. The van der Waals surface area contributed by atoms with Crippen molar-refractivity contribution < 1.29 is 9.47 Å². The molecule has 0 aliphatic heterocycles. The molecule has 0 heterocycles. The Labute approximate surface area is 123 Å². The standard InChI is InChI=1S/C16H28N2O2/c1-4-9-17-14-15-7-5-6-8-16(15)20-13-12-19-11-10-18(2)3/h5-8,17H,4,9-14H2,1-3H3. The topological polar surface area (TPSA) is 33.7 Å². The summed E-state index contributed by atoms with van der Waals surface area (Å²) in [5.74, 6) is 0.951. The Balaban J connectivity index is 2.25. The average molecular weight is 280 g/mol. The maximum absolute atomic E-state index is 5.80. The molecule has 0 bridgehead atoms. The van der Waals surface area contributed by atoms with E-state index in [4.69, 9.17) is 9.47 Å². The fourth-order valence-corrected chi connectivity index (χ4v) is 1.75. The molecule has 0 aliphatic rings. The van der Waals surface area contributed by atoms with E-state index >= 15 is 0 Å². The van der Waals surface area contributed by atoms with Crippen LogP contribution in [0.3, 0.4) is 0 Å². The summed E-state index contributed by atoms with van der Waals surface area (Å²) >= 11 is 0. The zero-order chi connectivity index (χ0) is 14.6. The third kappa shape index (κ3) is 7.48. The largest absolute Gasteiger partial charge is 0.491 e. The second-order valence-corrected chi connectivity index (χ2v) is 5.05. The maximum atomic E-state index is 5.80. The molecule has 0 aliphatic carbocycles. The fourth-order valence-electron chi connectivity index (χ4n) is 1.75. The molecular weight excluding hydrogens is 252 g/mol. The molecular formula is C16H28N2O2. The number of nitrogens with zero attached hydrogens (tertiary/aromatic N) is 1. The average Bonchev–Trinajstić information content (AvgIpc) is 2.44. The summed E-state index contributed by atoms with van der Waals surface area (Å²) in [6, 6.07) is 8.17. The van der Waals surface area contributed by atoms with E-state index in [0.717, 1.165) is 38.4 Å². The lowest BCUT2D eigenvalue weighted by Crippen LogP contribution is -2.20. The summed E-state index contributed by atoms with van der Waals surface area (Å²) in [6.07, 6.45) is 1.14. The summed E-state index contributed by atoms with van der Waals surface area (Å²) in [5.41, 5.74) is 1.20. The van der Waals surface area contributed by atoms with Gasteiger partial charge in [-0.15, -0.1) is 0 Å². The van der Waals surface area contributed by atoms with Gasteiger partial charge < -0.3 is 19.7 Å². The molecule has 0 spiro atoms. The van der Waals surface area contributed by atoms with E-state index in [9.17, 15) is 0 Å². The van der Waals surface area contributed by atoms with Gasteiger partial charge in [-0.2, -0.15) is 0 Å². The van der Waals surface area contributed by atoms with Gasteiger partial charge in [0.05, 0.1) is 13.2 Å². The zero-order valence-electron chi connectivity index (χ0n) is 13.0. The van der Waals surface area contributed by atoms with Crippen molar-refractivity contribution in [3.8, 4) is 5.75 Å². The fraction of sp³-hybridized carbons (Fsp3) is 0.625. The van der Waals surface area contributed by atoms with Crippen LogP contribution in [-0.4, -0.2) is 51.9 Å². The van der Waals surface area contributed by atoms with Gasteiger partial charge in [-0.1, -0.05) is 25.1 Å². The predicted molar refractivity (Wildman–Crippen MR) is 83.3 cm³/mol. The van der Waals surface area contributed by atoms with Crippen molar-refractivity contribution in [3.63, 3.8) is 0 Å². The van der Waals surface area contributed by atoms with Gasteiger partial charge in [0, 0.05) is 18.7 Å². The lowest BCUT2D eigenvalue weighted by molar-refractivity contribution is 0.0887. The highest BCUT2D eigenvalue weighted by atomic mass is 16.5. The zero-order valence-corrected chi connectivity index (χ0v) is 13.0. The molecule has 0 atom stereocenters. The first kappa shape index (κ1) is 17.0. The van der Waals surface area contributed by atoms with E-state index in [1.165, 1.54) is 5.56 Å². The van der Waals surface area contributed by atoms with Gasteiger partial charge in [-0.3, -0.25) is 0 Å². The van der Waals surface area contributed by atoms with Gasteiger partial charge >= 0.3 is 0 Å². The molecule has 0 aromatic heterocycles. The molecule has 1 N–H and O–H groups in total. The van der Waals surface area contributed by atoms with E-state index < -0.39 is 0 Å². The first-order valence-electron chi connectivity index (χ1n) is 7.38. The minimum atomic E-state index is 0.595. The summed E-state index contributed by atoms with van der Waals surface area (Å²) in [6.45, 7) is 6.96. The van der Waals surface area contributed by atoms with Crippen LogP contribution in [0, 0.1) is 0 Å². The third-order valence-corrected chi connectivity index (χ3v) is 2.88. The van der Waals surface area contributed by atoms with Crippen molar-refractivity contribution >= 4 is 0 Å². The second-order valence-electron chi connectivity index (χ2n) is 5.05. The molecule has 4 nitrogen and oxygen atoms in total. The molecule has 20 heavy (non-hydrogen) atoms. The molecule has 1 rings (SSSR count). The second kappa shape index (κ2) is 10.7. The molecule has 1 aromatic carbocycles. The number of hydrogen-bond acceptors (Lipinski definition) is 4. The normalized spacial score (nSPS) is 11.0. The van der Waals surface area contributed by atoms with Crippen molar-refractivity contribution in [1.82, 2.24) is 10.2 Å². The number of ether oxygens (including phenoxy) is 2. The van der Waals surface area contributed by atoms with Crippen LogP contribution < -0.4 is 10.1 Å². The number of nitrogens with one attached hydrogen (secondary N) is 1. The highest BCUT2D eigenvalue weighted by molar-refractivity contribution is 5.33. The van der Waals surface area contributed by atoms with Gasteiger partial charge in [0.1, 0.15) is 12.4 Å². The molecule has 1 aromatic rings. The van der Waals surface area contributed by atoms with Crippen molar-refractivity contribution in [2.75, 3.05) is 47.0 Å². The van der Waals surface area contributed by atoms with Crippen LogP contribution >= 0.6 is 0 Å². The number of para-hydroxylation sites is 1. The first-order chi connectivity index (χ1) is 9.74. The Morgan fingerprint density at radius 2 is 1.90 bits per heavy atom. The molecule has 0 saturated heterocycles. The van der Waals surface area contributed by atoms with Gasteiger partial charge in [-0.05, 0) is 33.1 Å². The van der Waals surface area contributed by atoms with Crippen LogP contribution in [0.1, 0.15) is 18.9 Å². The Kier molecular flexibility index (Phi) is 9.04. The van der Waals surface area contributed by atoms with E-state index in [1.807, 2.05) is 32.3 Å². The highest BCUT2D eigenvalue weighted by Crippen LogP contribution is 2.17. The van der Waals surface area contributed by atoms with E-state index in [2.05, 4.69) is 23.2 Å². The smallest absolute Gasteiger partial charge is 0.123 e. The van der Waals surface area contributed by atoms with Gasteiger partial charge in [0.2, 0.25) is 0 Å². The number of hydrogen-bond donors (Lipinski definition) is 1. The maximum Gasteiger partial charge on any atom is 0.123 e. The molecule has 114 valence electrons. The highest BCUT2D eigenvalue weighted by Gasteiger charge is 2.02. The van der Waals surface area contributed by atoms with Crippen LogP contribution in [-0.2, 0) is 11.3 Å². The summed E-state index contributed by atoms with van der Waals surface area (Å²) in [5, 5.41) is 3.40. The molecule has 0 saturated carbocycles. The van der Waals surface area contributed by atoms with Gasteiger partial charge in [0.15, 0.2) is 0 Å². The Morgan fingerprint density at radius 3 is 2.65 bits per heavy atom. The molecule has 0 unspecified atom stereocenters. The van der Waals surface area contributed by atoms with Crippen LogP contribution in [0.15, 0.2) is 24.3 Å². The van der Waals surface area contributed by atoms with Crippen molar-refractivity contribution in [3.05, 3.63) is 29.8 Å². The summed E-state index contributed by atoms with van der Waals surface area (Å²) in [4.78, 5) is 2.11. The molecule has 0 amide bonds. The number of likely N-dealkylation sites (N-methyl/N-ethyl adjacent to an activating group) is 1. The molecule has 0 fully saturated rings. The van der Waals surface area contributed by atoms with Crippen molar-refractivity contribution in [2.45, 2.75) is 19.9 Å². The third-order valence-electron chi connectivity index (χ3n) is 2.88. The minimum Gasteiger partial charge on any atom is -0.491 e. The van der Waals surface area contributed by atoms with Crippen LogP contribution in [0.2, 0.25) is 0 Å². The Bertz CT molecular complexity index is 356. The van der Waals surface area contributed by atoms with E-state index in [0.29, 0.717) is 13.2 Å². The van der Waals surface area contributed by atoms with Gasteiger partial charge in [-0.25, -0.2) is 0 Å². The molecule has 4 heteroatoms. The molecule has 0 radical (unpaired) electrons. The van der Waals surface area contributed by atoms with E-state index in [-0.39, 0.29) is 0 Å². The SMILES string of the molecule is CCCNCc1ccccc1OCCOCCN(C)C. The number of rotatable bonds is 11. The predicted octanol–water partition coefficient (Wildman–Crippen LogP) is 2.14. The summed E-state index contributed by atoms with van der Waals surface area (Å²) in [7, 11) is 4.08. The minimum absolute atomic E-state index is 0.595. The Morgan fingerprint density at radius 1 is 1.10 bits per heavy atom. The van der Waals surface area contributed by atoms with Crippen LogP contribution in [0.5, 0.6) is 5.75 Å². The van der Waals surface area contributed by atoms with Gasteiger partial charge in [0.25, 0.3) is 0 Å². The lowest BCUT2D eigenvalue weighted by Gasteiger charge is -2.13. The quantitative estimate of drug-likeness (QED) is 0.630. The Hall–Kier alpha value is -1.10. The van der Waals surface area contributed by atoms with Crippen LogP contribution in [0.25, 0.3) is 0 Å². The van der Waals surface area contributed by atoms with Crippen LogP contribution in [0.4, 0.5) is 0 Å². The lowest BCUT2D eigenvalue weighted by atomic mass is 10.2. The van der Waals surface area contributed by atoms with Crippen molar-refractivity contribution in [1.29, 1.82) is 0 Å². The summed E-state index contributed by atoms with van der Waals surface area (Å²) < 4.78 is 11.3. The van der Waals surface area contributed by atoms with E-state index in [1.54, 1.807) is 0 Å². The number of benzene rings is 1. The van der Waals surface area contributed by atoms with Crippen molar-refractivity contribution in [2.24, 2.45) is 0 Å². The monoisotopic (exact) mass is 280 g/mol.